The van der Waals surface area contributed by atoms with Crippen LogP contribution in [0.25, 0.3) is 10.2 Å². The van der Waals surface area contributed by atoms with Crippen molar-refractivity contribution in [1.29, 1.82) is 0 Å². The predicted octanol–water partition coefficient (Wildman–Crippen LogP) is 4.36. The standard InChI is InChI=1S/C25H28N4O3S2/c1-15-4-7-17-19(13-15)34-24-21(17)23(26-22(27-24)16-5-6-16)33-14-20(30)28-8-10-29(11-9-28)25(31)18-3-2-12-32-18/h2-3,12,15-16H,4-11,13-14H2,1H3/t15-/m0/s1. The van der Waals surface area contributed by atoms with Crippen molar-refractivity contribution in [2.45, 2.75) is 50.0 Å². The summed E-state index contributed by atoms with van der Waals surface area (Å²) in [7, 11) is 0. The van der Waals surface area contributed by atoms with Crippen molar-refractivity contribution in [3.63, 3.8) is 0 Å². The Labute approximate surface area is 206 Å². The number of aromatic nitrogens is 2. The van der Waals surface area contributed by atoms with E-state index in [0.717, 1.165) is 41.4 Å². The second kappa shape index (κ2) is 9.00. The summed E-state index contributed by atoms with van der Waals surface area (Å²) in [4.78, 5) is 41.6. The molecule has 0 N–H and O–H groups in total. The fraction of sp³-hybridized carbons (Fsp3) is 0.520. The molecule has 1 saturated carbocycles. The van der Waals surface area contributed by atoms with Crippen LogP contribution in [0.3, 0.4) is 0 Å². The Kier molecular flexibility index (Phi) is 5.85. The van der Waals surface area contributed by atoms with E-state index in [1.165, 1.54) is 28.5 Å². The number of piperazine rings is 1. The Morgan fingerprint density at radius 2 is 1.94 bits per heavy atom. The lowest BCUT2D eigenvalue weighted by molar-refractivity contribution is -0.129. The molecule has 4 heterocycles. The van der Waals surface area contributed by atoms with E-state index < -0.39 is 0 Å². The zero-order valence-corrected chi connectivity index (χ0v) is 20.9. The minimum absolute atomic E-state index is 0.104. The first-order valence-electron chi connectivity index (χ1n) is 12.1. The first-order valence-corrected chi connectivity index (χ1v) is 13.9. The van der Waals surface area contributed by atoms with Crippen LogP contribution in [0.4, 0.5) is 0 Å². The number of hydrogen-bond acceptors (Lipinski definition) is 7. The van der Waals surface area contributed by atoms with Crippen molar-refractivity contribution in [3.05, 3.63) is 40.4 Å². The number of nitrogens with zero attached hydrogens (tertiary/aromatic N) is 4. The number of furan rings is 1. The molecule has 0 unspecified atom stereocenters. The summed E-state index contributed by atoms with van der Waals surface area (Å²) < 4.78 is 5.23. The maximum absolute atomic E-state index is 13.1. The number of rotatable bonds is 5. The van der Waals surface area contributed by atoms with Gasteiger partial charge in [0.05, 0.1) is 12.0 Å². The Hall–Kier alpha value is -2.39. The molecule has 2 amide bonds. The molecule has 9 heteroatoms. The maximum Gasteiger partial charge on any atom is 0.289 e. The van der Waals surface area contributed by atoms with Crippen LogP contribution in [0.2, 0.25) is 0 Å². The van der Waals surface area contributed by atoms with Gasteiger partial charge < -0.3 is 14.2 Å². The van der Waals surface area contributed by atoms with E-state index in [1.54, 1.807) is 28.8 Å². The molecule has 3 aromatic rings. The summed E-state index contributed by atoms with van der Waals surface area (Å²) >= 11 is 3.40. The summed E-state index contributed by atoms with van der Waals surface area (Å²) in [5, 5.41) is 2.18. The predicted molar refractivity (Wildman–Crippen MR) is 132 cm³/mol. The molecule has 0 radical (unpaired) electrons. The zero-order valence-electron chi connectivity index (χ0n) is 19.3. The fourth-order valence-corrected chi connectivity index (χ4v) is 7.31. The largest absolute Gasteiger partial charge is 0.459 e. The van der Waals surface area contributed by atoms with Gasteiger partial charge in [-0.1, -0.05) is 18.7 Å². The summed E-state index contributed by atoms with van der Waals surface area (Å²) in [6, 6.07) is 3.40. The smallest absolute Gasteiger partial charge is 0.289 e. The van der Waals surface area contributed by atoms with Crippen LogP contribution < -0.4 is 0 Å². The molecule has 6 rings (SSSR count). The lowest BCUT2D eigenvalue weighted by atomic mass is 9.89. The quantitative estimate of drug-likeness (QED) is 0.386. The van der Waals surface area contributed by atoms with E-state index in [4.69, 9.17) is 14.4 Å². The average Bonchev–Trinajstić information content (AvgIpc) is 3.43. The van der Waals surface area contributed by atoms with Crippen LogP contribution in [0, 0.1) is 5.92 Å². The van der Waals surface area contributed by atoms with Gasteiger partial charge >= 0.3 is 0 Å². The van der Waals surface area contributed by atoms with Crippen LogP contribution in [-0.4, -0.2) is 63.5 Å². The number of fused-ring (bicyclic) bond motifs is 3. The van der Waals surface area contributed by atoms with Crippen molar-refractivity contribution in [2.75, 3.05) is 31.9 Å². The number of thiophene rings is 1. The van der Waals surface area contributed by atoms with Gasteiger partial charge in [-0.2, -0.15) is 0 Å². The molecule has 3 aromatic heterocycles. The molecule has 1 aliphatic heterocycles. The summed E-state index contributed by atoms with van der Waals surface area (Å²) in [5.41, 5.74) is 1.42. The SMILES string of the molecule is C[C@H]1CCc2c(sc3nc(C4CC4)nc(SCC(=O)N4CCN(C(=O)c5ccco5)CC4)c23)C1. The van der Waals surface area contributed by atoms with Crippen LogP contribution in [0.5, 0.6) is 0 Å². The lowest BCUT2D eigenvalue weighted by Crippen LogP contribution is -2.51. The van der Waals surface area contributed by atoms with Crippen LogP contribution >= 0.6 is 23.1 Å². The monoisotopic (exact) mass is 496 g/mol. The van der Waals surface area contributed by atoms with E-state index in [0.29, 0.717) is 49.5 Å². The van der Waals surface area contributed by atoms with Crippen LogP contribution in [-0.2, 0) is 17.6 Å². The number of aryl methyl sites for hydroxylation is 1. The van der Waals surface area contributed by atoms with E-state index in [2.05, 4.69) is 6.92 Å². The lowest BCUT2D eigenvalue weighted by Gasteiger charge is -2.34. The topological polar surface area (TPSA) is 79.5 Å². The summed E-state index contributed by atoms with van der Waals surface area (Å²) in [5.74, 6) is 2.86. The summed E-state index contributed by atoms with van der Waals surface area (Å²) in [6.07, 6.45) is 7.24. The molecular weight excluding hydrogens is 468 g/mol. The molecule has 2 aliphatic carbocycles. The highest BCUT2D eigenvalue weighted by Crippen LogP contribution is 2.44. The normalized spacial score (nSPS) is 20.6. The third kappa shape index (κ3) is 4.24. The molecule has 2 fully saturated rings. The van der Waals surface area contributed by atoms with Gasteiger partial charge in [-0.15, -0.1) is 11.3 Å². The van der Waals surface area contributed by atoms with Crippen molar-refractivity contribution in [1.82, 2.24) is 19.8 Å². The Bertz CT molecular complexity index is 1230. The highest BCUT2D eigenvalue weighted by Gasteiger charge is 2.31. The van der Waals surface area contributed by atoms with Gasteiger partial charge in [0, 0.05) is 42.4 Å². The number of thioether (sulfide) groups is 1. The highest BCUT2D eigenvalue weighted by atomic mass is 32.2. The molecule has 7 nitrogen and oxygen atoms in total. The van der Waals surface area contributed by atoms with Gasteiger partial charge in [0.1, 0.15) is 15.7 Å². The van der Waals surface area contributed by atoms with Gasteiger partial charge in [0.15, 0.2) is 5.76 Å². The Morgan fingerprint density at radius 3 is 2.68 bits per heavy atom. The van der Waals surface area contributed by atoms with Gasteiger partial charge in [-0.3, -0.25) is 9.59 Å². The third-order valence-electron chi connectivity index (χ3n) is 7.07. The molecule has 0 bridgehead atoms. The van der Waals surface area contributed by atoms with Gasteiger partial charge in [0.25, 0.3) is 5.91 Å². The minimum Gasteiger partial charge on any atom is -0.459 e. The van der Waals surface area contributed by atoms with Crippen molar-refractivity contribution < 1.29 is 14.0 Å². The number of hydrogen-bond donors (Lipinski definition) is 0. The highest BCUT2D eigenvalue weighted by molar-refractivity contribution is 8.00. The van der Waals surface area contributed by atoms with Crippen LogP contribution in [0.15, 0.2) is 27.8 Å². The minimum atomic E-state index is -0.112. The molecule has 1 atom stereocenters. The van der Waals surface area contributed by atoms with Crippen molar-refractivity contribution in [2.24, 2.45) is 5.92 Å². The maximum atomic E-state index is 13.1. The van der Waals surface area contributed by atoms with Gasteiger partial charge in [-0.25, -0.2) is 9.97 Å². The Morgan fingerprint density at radius 1 is 1.15 bits per heavy atom. The van der Waals surface area contributed by atoms with E-state index in [-0.39, 0.29) is 11.8 Å². The van der Waals surface area contributed by atoms with Gasteiger partial charge in [0.2, 0.25) is 5.91 Å². The van der Waals surface area contributed by atoms with E-state index >= 15 is 0 Å². The first-order chi connectivity index (χ1) is 16.6. The third-order valence-corrected chi connectivity index (χ3v) is 9.17. The average molecular weight is 497 g/mol. The molecule has 34 heavy (non-hydrogen) atoms. The van der Waals surface area contributed by atoms with Crippen molar-refractivity contribution >= 4 is 45.1 Å². The van der Waals surface area contributed by atoms with Crippen LogP contribution in [0.1, 0.15) is 58.9 Å². The van der Waals surface area contributed by atoms with E-state index in [9.17, 15) is 9.59 Å². The number of amides is 2. The second-order valence-corrected chi connectivity index (χ2v) is 11.7. The molecule has 1 saturated heterocycles. The second-order valence-electron chi connectivity index (χ2n) is 9.63. The number of carbonyl (C=O) groups is 2. The van der Waals surface area contributed by atoms with Gasteiger partial charge in [-0.05, 0) is 55.7 Å². The van der Waals surface area contributed by atoms with E-state index in [1.807, 2.05) is 16.2 Å². The van der Waals surface area contributed by atoms with Crippen molar-refractivity contribution in [3.8, 4) is 0 Å². The Balaban J connectivity index is 1.15. The summed E-state index contributed by atoms with van der Waals surface area (Å²) in [6.45, 7) is 4.46. The zero-order chi connectivity index (χ0) is 23.2. The molecule has 178 valence electrons. The molecule has 3 aliphatic rings. The molecule has 0 aromatic carbocycles. The number of carbonyl (C=O) groups excluding carboxylic acids is 2. The first kappa shape index (κ1) is 22.1. The molecular formula is C25H28N4O3S2. The molecule has 0 spiro atoms. The fourth-order valence-electron chi connectivity index (χ4n) is 4.89.